The lowest BCUT2D eigenvalue weighted by Crippen LogP contribution is -2.35. The molecule has 1 N–H and O–H groups in total. The number of carbonyl (C=O) groups is 1. The van der Waals surface area contributed by atoms with Crippen LogP contribution in [-0.4, -0.2) is 34.1 Å². The molecule has 0 unspecified atom stereocenters. The second-order valence-electron chi connectivity index (χ2n) is 6.19. The lowest BCUT2D eigenvalue weighted by atomic mass is 9.91. The van der Waals surface area contributed by atoms with Gasteiger partial charge in [0.25, 0.3) is 0 Å². The molecule has 0 saturated carbocycles. The Morgan fingerprint density at radius 2 is 2.00 bits per heavy atom. The Labute approximate surface area is 125 Å². The van der Waals surface area contributed by atoms with Crippen molar-refractivity contribution in [2.75, 3.05) is 18.0 Å². The van der Waals surface area contributed by atoms with Crippen LogP contribution in [0, 0.1) is 5.92 Å². The van der Waals surface area contributed by atoms with Crippen LogP contribution in [0.4, 0.5) is 5.82 Å². The molecule has 21 heavy (non-hydrogen) atoms. The Hall–Kier alpha value is -1.65. The summed E-state index contributed by atoms with van der Waals surface area (Å²) in [5, 5.41) is 8.78. The van der Waals surface area contributed by atoms with E-state index in [0.29, 0.717) is 12.3 Å². The van der Waals surface area contributed by atoms with E-state index in [0.717, 1.165) is 51.0 Å². The predicted molar refractivity (Wildman–Crippen MR) is 80.5 cm³/mol. The number of aromatic nitrogens is 2. The second kappa shape index (κ2) is 6.41. The fourth-order valence-corrected chi connectivity index (χ4v) is 3.54. The van der Waals surface area contributed by atoms with Gasteiger partial charge >= 0.3 is 5.97 Å². The van der Waals surface area contributed by atoms with Crippen molar-refractivity contribution in [3.63, 3.8) is 0 Å². The Balaban J connectivity index is 1.63. The molecule has 114 valence electrons. The number of carboxylic acids is 1. The lowest BCUT2D eigenvalue weighted by Gasteiger charge is -2.34. The molecule has 2 heterocycles. The predicted octanol–water partition coefficient (Wildman–Crippen LogP) is 2.44. The average Bonchev–Trinajstić information content (AvgIpc) is 2.53. The molecule has 1 fully saturated rings. The van der Waals surface area contributed by atoms with Gasteiger partial charge in [-0.1, -0.05) is 0 Å². The number of fused-ring (bicyclic) bond motifs is 1. The van der Waals surface area contributed by atoms with Gasteiger partial charge in [0, 0.05) is 30.8 Å². The maximum atomic E-state index is 10.7. The van der Waals surface area contributed by atoms with Gasteiger partial charge in [0.05, 0.1) is 0 Å². The summed E-state index contributed by atoms with van der Waals surface area (Å²) >= 11 is 0. The van der Waals surface area contributed by atoms with E-state index in [-0.39, 0.29) is 0 Å². The fourth-order valence-electron chi connectivity index (χ4n) is 3.54. The van der Waals surface area contributed by atoms with E-state index in [9.17, 15) is 4.79 Å². The van der Waals surface area contributed by atoms with E-state index < -0.39 is 5.97 Å². The number of nitrogens with zero attached hydrogens (tertiary/aromatic N) is 3. The van der Waals surface area contributed by atoms with Crippen LogP contribution >= 0.6 is 0 Å². The van der Waals surface area contributed by atoms with Crippen LogP contribution < -0.4 is 4.90 Å². The van der Waals surface area contributed by atoms with Gasteiger partial charge in [0.1, 0.15) is 12.1 Å². The molecule has 0 spiro atoms. The summed E-state index contributed by atoms with van der Waals surface area (Å²) < 4.78 is 0. The van der Waals surface area contributed by atoms with Gasteiger partial charge in [0.2, 0.25) is 0 Å². The fraction of sp³-hybridized carbons (Fsp3) is 0.688. The molecule has 0 amide bonds. The lowest BCUT2D eigenvalue weighted by molar-refractivity contribution is -0.137. The molecule has 0 bridgehead atoms. The number of hydrogen-bond donors (Lipinski definition) is 1. The molecule has 1 saturated heterocycles. The molecule has 2 aliphatic rings. The van der Waals surface area contributed by atoms with E-state index in [1.165, 1.54) is 24.1 Å². The Morgan fingerprint density at radius 3 is 2.76 bits per heavy atom. The standard InChI is InChI=1S/C16H23N3O2/c20-15(21)6-5-12-7-9-19(10-8-12)16-13-3-1-2-4-14(13)17-11-18-16/h11-12H,1-10H2,(H,20,21). The monoisotopic (exact) mass is 289 g/mol. The first-order chi connectivity index (χ1) is 10.2. The summed E-state index contributed by atoms with van der Waals surface area (Å²) in [5.41, 5.74) is 2.59. The third-order valence-corrected chi connectivity index (χ3v) is 4.78. The van der Waals surface area contributed by atoms with Crippen LogP contribution in [0.1, 0.15) is 49.8 Å². The van der Waals surface area contributed by atoms with Crippen molar-refractivity contribution in [3.8, 4) is 0 Å². The van der Waals surface area contributed by atoms with Crippen molar-refractivity contribution < 1.29 is 9.90 Å². The normalized spacial score (nSPS) is 19.3. The number of aliphatic carboxylic acids is 1. The number of anilines is 1. The summed E-state index contributed by atoms with van der Waals surface area (Å²) in [5.74, 6) is 1.01. The van der Waals surface area contributed by atoms with Crippen LogP contribution in [0.3, 0.4) is 0 Å². The number of piperidine rings is 1. The molecule has 5 nitrogen and oxygen atoms in total. The molecule has 3 rings (SSSR count). The maximum absolute atomic E-state index is 10.7. The van der Waals surface area contributed by atoms with Crippen LogP contribution in [0.25, 0.3) is 0 Å². The van der Waals surface area contributed by atoms with Gasteiger partial charge < -0.3 is 10.0 Å². The highest BCUT2D eigenvalue weighted by molar-refractivity contribution is 5.66. The summed E-state index contributed by atoms with van der Waals surface area (Å²) in [4.78, 5) is 22.0. The Kier molecular flexibility index (Phi) is 4.36. The zero-order valence-electron chi connectivity index (χ0n) is 12.4. The first-order valence-electron chi connectivity index (χ1n) is 8.03. The van der Waals surface area contributed by atoms with E-state index in [1.54, 1.807) is 6.33 Å². The minimum atomic E-state index is -0.678. The molecule has 0 radical (unpaired) electrons. The highest BCUT2D eigenvalue weighted by Gasteiger charge is 2.24. The summed E-state index contributed by atoms with van der Waals surface area (Å²) in [7, 11) is 0. The zero-order valence-corrected chi connectivity index (χ0v) is 12.4. The number of aryl methyl sites for hydroxylation is 1. The quantitative estimate of drug-likeness (QED) is 0.922. The highest BCUT2D eigenvalue weighted by Crippen LogP contribution is 2.30. The van der Waals surface area contributed by atoms with Crippen molar-refractivity contribution in [1.29, 1.82) is 0 Å². The molecule has 1 aromatic heterocycles. The van der Waals surface area contributed by atoms with Crippen LogP contribution in [0.5, 0.6) is 0 Å². The Bertz CT molecular complexity index is 510. The number of carboxylic acid groups (broad SMARTS) is 1. The maximum Gasteiger partial charge on any atom is 0.303 e. The van der Waals surface area contributed by atoms with Crippen molar-refractivity contribution >= 4 is 11.8 Å². The molecule has 1 aliphatic heterocycles. The molecule has 5 heteroatoms. The van der Waals surface area contributed by atoms with Gasteiger partial charge in [-0.2, -0.15) is 0 Å². The second-order valence-corrected chi connectivity index (χ2v) is 6.19. The van der Waals surface area contributed by atoms with Crippen LogP contribution in [0.2, 0.25) is 0 Å². The molecule has 0 aromatic carbocycles. The topological polar surface area (TPSA) is 66.3 Å². The average molecular weight is 289 g/mol. The minimum absolute atomic E-state index is 0.299. The first kappa shape index (κ1) is 14.3. The summed E-state index contributed by atoms with van der Waals surface area (Å²) in [6.07, 6.45) is 9.63. The SMILES string of the molecule is O=C(O)CCC1CCN(c2ncnc3c2CCCC3)CC1. The molecule has 0 atom stereocenters. The molecular weight excluding hydrogens is 266 g/mol. The number of rotatable bonds is 4. The van der Waals surface area contributed by atoms with Crippen LogP contribution in [-0.2, 0) is 17.6 Å². The van der Waals surface area contributed by atoms with E-state index in [1.807, 2.05) is 0 Å². The van der Waals surface area contributed by atoms with Crippen molar-refractivity contribution in [2.45, 2.75) is 51.4 Å². The van der Waals surface area contributed by atoms with Crippen molar-refractivity contribution in [3.05, 3.63) is 17.6 Å². The van der Waals surface area contributed by atoms with E-state index in [2.05, 4.69) is 14.9 Å². The first-order valence-corrected chi connectivity index (χ1v) is 8.03. The largest absolute Gasteiger partial charge is 0.481 e. The van der Waals surface area contributed by atoms with Gasteiger partial charge in [-0.3, -0.25) is 4.79 Å². The Morgan fingerprint density at radius 1 is 1.24 bits per heavy atom. The third kappa shape index (κ3) is 3.34. The third-order valence-electron chi connectivity index (χ3n) is 4.78. The number of hydrogen-bond acceptors (Lipinski definition) is 4. The minimum Gasteiger partial charge on any atom is -0.481 e. The van der Waals surface area contributed by atoms with Crippen LogP contribution in [0.15, 0.2) is 6.33 Å². The molecule has 1 aliphatic carbocycles. The zero-order chi connectivity index (χ0) is 14.7. The highest BCUT2D eigenvalue weighted by atomic mass is 16.4. The van der Waals surface area contributed by atoms with Gasteiger partial charge in [-0.15, -0.1) is 0 Å². The van der Waals surface area contributed by atoms with Crippen molar-refractivity contribution in [1.82, 2.24) is 9.97 Å². The summed E-state index contributed by atoms with van der Waals surface area (Å²) in [6.45, 7) is 1.99. The molecule has 1 aromatic rings. The smallest absolute Gasteiger partial charge is 0.303 e. The van der Waals surface area contributed by atoms with E-state index in [4.69, 9.17) is 5.11 Å². The van der Waals surface area contributed by atoms with Crippen molar-refractivity contribution in [2.24, 2.45) is 5.92 Å². The van der Waals surface area contributed by atoms with E-state index >= 15 is 0 Å². The molecular formula is C16H23N3O2. The van der Waals surface area contributed by atoms with Gasteiger partial charge in [-0.05, 0) is 50.9 Å². The van der Waals surface area contributed by atoms with Gasteiger partial charge in [-0.25, -0.2) is 9.97 Å². The van der Waals surface area contributed by atoms with Gasteiger partial charge in [0.15, 0.2) is 0 Å². The summed E-state index contributed by atoms with van der Waals surface area (Å²) in [6, 6.07) is 0.